The zero-order valence-electron chi connectivity index (χ0n) is 12.4. The molecule has 0 heterocycles. The maximum absolute atomic E-state index is 11.1. The van der Waals surface area contributed by atoms with Crippen LogP contribution in [0.4, 0.5) is 0 Å². The number of ether oxygens (including phenoxy) is 3. The zero-order chi connectivity index (χ0) is 16.7. The second kappa shape index (κ2) is 8.08. The SMILES string of the molecule is COc1cc(C(O)C(O)CN=[N+]=[N-])cc(OC)c1OC(C)=O. The minimum absolute atomic E-state index is 0.0676. The normalized spacial score (nSPS) is 12.8. The van der Waals surface area contributed by atoms with Gasteiger partial charge in [0.1, 0.15) is 6.10 Å². The van der Waals surface area contributed by atoms with E-state index in [0.717, 1.165) is 0 Å². The summed E-state index contributed by atoms with van der Waals surface area (Å²) in [5, 5.41) is 23.0. The van der Waals surface area contributed by atoms with E-state index in [0.29, 0.717) is 0 Å². The Kier molecular flexibility index (Phi) is 6.46. The molecule has 1 aromatic rings. The molecule has 120 valence electrons. The highest BCUT2D eigenvalue weighted by Crippen LogP contribution is 2.40. The summed E-state index contributed by atoms with van der Waals surface area (Å²) in [7, 11) is 2.71. The van der Waals surface area contributed by atoms with Crippen LogP contribution >= 0.6 is 0 Å². The molecular weight excluding hydrogens is 294 g/mol. The average molecular weight is 311 g/mol. The van der Waals surface area contributed by atoms with Crippen LogP contribution in [0, 0.1) is 0 Å². The van der Waals surface area contributed by atoms with Crippen molar-refractivity contribution in [2.45, 2.75) is 19.1 Å². The van der Waals surface area contributed by atoms with E-state index in [1.165, 1.54) is 33.3 Å². The van der Waals surface area contributed by atoms with E-state index in [2.05, 4.69) is 10.0 Å². The van der Waals surface area contributed by atoms with Crippen LogP contribution < -0.4 is 14.2 Å². The van der Waals surface area contributed by atoms with Crippen molar-refractivity contribution in [3.05, 3.63) is 28.1 Å². The van der Waals surface area contributed by atoms with Gasteiger partial charge in [-0.05, 0) is 23.2 Å². The molecule has 0 bridgehead atoms. The van der Waals surface area contributed by atoms with Crippen molar-refractivity contribution in [3.8, 4) is 17.2 Å². The fourth-order valence-electron chi connectivity index (χ4n) is 1.76. The summed E-state index contributed by atoms with van der Waals surface area (Å²) in [5.41, 5.74) is 8.48. The third kappa shape index (κ3) is 4.26. The number of esters is 1. The van der Waals surface area contributed by atoms with Gasteiger partial charge in [0.25, 0.3) is 0 Å². The first-order valence-corrected chi connectivity index (χ1v) is 6.25. The smallest absolute Gasteiger partial charge is 0.308 e. The maximum Gasteiger partial charge on any atom is 0.308 e. The Bertz CT molecular complexity index is 560. The lowest BCUT2D eigenvalue weighted by Crippen LogP contribution is -2.21. The molecule has 0 aliphatic heterocycles. The van der Waals surface area contributed by atoms with E-state index in [9.17, 15) is 15.0 Å². The average Bonchev–Trinajstić information content (AvgIpc) is 2.51. The van der Waals surface area contributed by atoms with Crippen LogP contribution in [0.3, 0.4) is 0 Å². The first-order valence-electron chi connectivity index (χ1n) is 6.25. The van der Waals surface area contributed by atoms with Gasteiger partial charge < -0.3 is 24.4 Å². The second-order valence-electron chi connectivity index (χ2n) is 4.27. The van der Waals surface area contributed by atoms with Crippen LogP contribution in [0.1, 0.15) is 18.6 Å². The highest BCUT2D eigenvalue weighted by Gasteiger charge is 2.23. The monoisotopic (exact) mass is 311 g/mol. The highest BCUT2D eigenvalue weighted by atomic mass is 16.6. The molecule has 0 saturated carbocycles. The van der Waals surface area contributed by atoms with Crippen LogP contribution in [0.15, 0.2) is 17.2 Å². The molecule has 2 N–H and O–H groups in total. The summed E-state index contributed by atoms with van der Waals surface area (Å²) in [4.78, 5) is 13.6. The second-order valence-corrected chi connectivity index (χ2v) is 4.27. The van der Waals surface area contributed by atoms with E-state index in [4.69, 9.17) is 19.7 Å². The number of nitrogens with zero attached hydrogens (tertiary/aromatic N) is 3. The highest BCUT2D eigenvalue weighted by molar-refractivity contribution is 5.72. The van der Waals surface area contributed by atoms with E-state index < -0.39 is 18.2 Å². The molecule has 0 fully saturated rings. The fraction of sp³-hybridized carbons (Fsp3) is 0.462. The summed E-state index contributed by atoms with van der Waals surface area (Å²) >= 11 is 0. The molecule has 0 spiro atoms. The number of hydrogen-bond acceptors (Lipinski definition) is 7. The first-order chi connectivity index (χ1) is 10.4. The number of benzene rings is 1. The third-order valence-corrected chi connectivity index (χ3v) is 2.77. The van der Waals surface area contributed by atoms with Crippen molar-refractivity contribution in [1.82, 2.24) is 0 Å². The van der Waals surface area contributed by atoms with Gasteiger partial charge in [-0.25, -0.2) is 0 Å². The standard InChI is InChI=1S/C13H17N3O6/c1-7(17)22-13-10(20-2)4-8(5-11(13)21-3)12(19)9(18)6-15-16-14/h4-5,9,12,18-19H,6H2,1-3H3. The van der Waals surface area contributed by atoms with E-state index in [1.807, 2.05) is 0 Å². The minimum atomic E-state index is -1.33. The largest absolute Gasteiger partial charge is 0.493 e. The summed E-state index contributed by atoms with van der Waals surface area (Å²) in [6.45, 7) is 0.930. The lowest BCUT2D eigenvalue weighted by Gasteiger charge is -2.19. The Morgan fingerprint density at radius 3 is 2.27 bits per heavy atom. The van der Waals surface area contributed by atoms with Crippen molar-refractivity contribution in [1.29, 1.82) is 0 Å². The number of aliphatic hydroxyl groups excluding tert-OH is 2. The molecular formula is C13H17N3O6. The van der Waals surface area contributed by atoms with Gasteiger partial charge in [0.2, 0.25) is 5.75 Å². The number of aliphatic hydroxyl groups is 2. The zero-order valence-corrected chi connectivity index (χ0v) is 12.4. The summed E-state index contributed by atoms with van der Waals surface area (Å²) < 4.78 is 15.2. The molecule has 22 heavy (non-hydrogen) atoms. The lowest BCUT2D eigenvalue weighted by atomic mass is 10.0. The van der Waals surface area contributed by atoms with Crippen molar-refractivity contribution < 1.29 is 29.2 Å². The Hall–Kier alpha value is -2.48. The summed E-state index contributed by atoms with van der Waals surface area (Å²) in [6.07, 6.45) is -2.63. The van der Waals surface area contributed by atoms with Gasteiger partial charge in [-0.3, -0.25) is 4.79 Å². The lowest BCUT2D eigenvalue weighted by molar-refractivity contribution is -0.132. The van der Waals surface area contributed by atoms with Crippen LogP contribution in [0.2, 0.25) is 0 Å². The molecule has 9 heteroatoms. The Morgan fingerprint density at radius 2 is 1.86 bits per heavy atom. The van der Waals surface area contributed by atoms with E-state index >= 15 is 0 Å². The van der Waals surface area contributed by atoms with Gasteiger partial charge in [0, 0.05) is 11.8 Å². The van der Waals surface area contributed by atoms with Crippen molar-refractivity contribution in [2.24, 2.45) is 5.11 Å². The van der Waals surface area contributed by atoms with Crippen LogP contribution in [0.25, 0.3) is 10.4 Å². The van der Waals surface area contributed by atoms with Gasteiger partial charge >= 0.3 is 5.97 Å². The maximum atomic E-state index is 11.1. The third-order valence-electron chi connectivity index (χ3n) is 2.77. The number of hydrogen-bond donors (Lipinski definition) is 2. The van der Waals surface area contributed by atoms with Gasteiger partial charge in [-0.15, -0.1) is 0 Å². The number of carbonyl (C=O) groups excluding carboxylic acids is 1. The molecule has 0 aromatic heterocycles. The van der Waals surface area contributed by atoms with Crippen molar-refractivity contribution in [3.63, 3.8) is 0 Å². The van der Waals surface area contributed by atoms with Crippen molar-refractivity contribution in [2.75, 3.05) is 20.8 Å². The molecule has 1 aromatic carbocycles. The Morgan fingerprint density at radius 1 is 1.32 bits per heavy atom. The number of carbonyl (C=O) groups is 1. The van der Waals surface area contributed by atoms with Crippen LogP contribution in [-0.4, -0.2) is 43.1 Å². The summed E-state index contributed by atoms with van der Waals surface area (Å²) in [6, 6.07) is 2.79. The summed E-state index contributed by atoms with van der Waals surface area (Å²) in [5.74, 6) is -0.189. The molecule has 0 radical (unpaired) electrons. The number of azide groups is 1. The number of methoxy groups -OCH3 is 2. The molecule has 1 rings (SSSR count). The van der Waals surface area contributed by atoms with Gasteiger partial charge in [-0.2, -0.15) is 0 Å². The van der Waals surface area contributed by atoms with E-state index in [1.54, 1.807) is 0 Å². The molecule has 0 amide bonds. The topological polar surface area (TPSA) is 134 Å². The molecule has 9 nitrogen and oxygen atoms in total. The Balaban J connectivity index is 3.22. The van der Waals surface area contributed by atoms with Crippen LogP contribution in [-0.2, 0) is 4.79 Å². The molecule has 2 unspecified atom stereocenters. The Labute approximate surface area is 126 Å². The minimum Gasteiger partial charge on any atom is -0.493 e. The van der Waals surface area contributed by atoms with Gasteiger partial charge in [-0.1, -0.05) is 5.11 Å². The predicted octanol–water partition coefficient (Wildman–Crippen LogP) is 1.33. The molecule has 2 atom stereocenters. The fourth-order valence-corrected chi connectivity index (χ4v) is 1.76. The molecule has 0 aliphatic carbocycles. The number of rotatable bonds is 7. The molecule has 0 aliphatic rings. The predicted molar refractivity (Wildman–Crippen MR) is 75.8 cm³/mol. The van der Waals surface area contributed by atoms with Gasteiger partial charge in [0.15, 0.2) is 11.5 Å². The van der Waals surface area contributed by atoms with Gasteiger partial charge in [0.05, 0.1) is 26.9 Å². The quantitative estimate of drug-likeness (QED) is 0.256. The van der Waals surface area contributed by atoms with Crippen molar-refractivity contribution >= 4 is 5.97 Å². The van der Waals surface area contributed by atoms with E-state index in [-0.39, 0.29) is 29.4 Å². The molecule has 0 saturated heterocycles. The van der Waals surface area contributed by atoms with Crippen LogP contribution in [0.5, 0.6) is 17.2 Å². The first kappa shape index (κ1) is 17.6.